The lowest BCUT2D eigenvalue weighted by Crippen LogP contribution is -2.23. The van der Waals surface area contributed by atoms with Crippen LogP contribution in [0.2, 0.25) is 5.02 Å². The van der Waals surface area contributed by atoms with E-state index in [1.807, 2.05) is 0 Å². The molecule has 156 valence electrons. The summed E-state index contributed by atoms with van der Waals surface area (Å²) in [7, 11) is 0. The van der Waals surface area contributed by atoms with Crippen molar-refractivity contribution in [2.75, 3.05) is 6.61 Å². The summed E-state index contributed by atoms with van der Waals surface area (Å²) in [6, 6.07) is 7.68. The van der Waals surface area contributed by atoms with E-state index in [-0.39, 0.29) is 28.9 Å². The fraction of sp³-hybridized carbons (Fsp3) is 0.158. The number of alkyl halides is 3. The van der Waals surface area contributed by atoms with Crippen LogP contribution in [0.15, 0.2) is 53.6 Å². The smallest absolute Gasteiger partial charge is 0.417 e. The zero-order chi connectivity index (χ0) is 21.9. The van der Waals surface area contributed by atoms with E-state index in [1.165, 1.54) is 24.3 Å². The molecule has 3 aromatic rings. The number of hydrogen-bond acceptors (Lipinski definition) is 6. The molecule has 0 unspecified atom stereocenters. The van der Waals surface area contributed by atoms with Crippen LogP contribution in [0, 0.1) is 0 Å². The minimum atomic E-state index is -4.55. The van der Waals surface area contributed by atoms with Crippen molar-refractivity contribution in [2.24, 2.45) is 0 Å². The van der Waals surface area contributed by atoms with Gasteiger partial charge < -0.3 is 9.47 Å². The molecule has 2 heterocycles. The van der Waals surface area contributed by atoms with Gasteiger partial charge in [-0.2, -0.15) is 23.0 Å². The molecule has 0 amide bonds. The number of hydrogen-bond donors (Lipinski definition) is 0. The molecule has 0 radical (unpaired) electrons. The first-order valence-corrected chi connectivity index (χ1v) is 8.85. The zero-order valence-corrected chi connectivity index (χ0v) is 16.1. The standard InChI is InChI=1S/C19H13ClF3N3O4/c1-2-29-18(28)11-3-6-13(7-4-11)30-14-10-25-26(17(27)16(14)20)15-8-5-12(9-24-15)19(21,22)23/h3-10H,2H2,1H3. The number of esters is 1. The van der Waals surface area contributed by atoms with Crippen LogP contribution in [-0.4, -0.2) is 27.3 Å². The molecule has 0 aliphatic rings. The first-order valence-electron chi connectivity index (χ1n) is 8.47. The first-order chi connectivity index (χ1) is 14.2. The Morgan fingerprint density at radius 2 is 1.83 bits per heavy atom. The van der Waals surface area contributed by atoms with Crippen LogP contribution in [0.4, 0.5) is 13.2 Å². The van der Waals surface area contributed by atoms with Crippen LogP contribution in [0.5, 0.6) is 11.5 Å². The molecule has 11 heteroatoms. The van der Waals surface area contributed by atoms with Crippen LogP contribution in [0.1, 0.15) is 22.8 Å². The summed E-state index contributed by atoms with van der Waals surface area (Å²) in [4.78, 5) is 27.7. The van der Waals surface area contributed by atoms with Gasteiger partial charge in [0.25, 0.3) is 5.56 Å². The third kappa shape index (κ3) is 4.60. The van der Waals surface area contributed by atoms with Gasteiger partial charge in [-0.3, -0.25) is 4.79 Å². The predicted molar refractivity (Wildman–Crippen MR) is 100 cm³/mol. The molecule has 30 heavy (non-hydrogen) atoms. The maximum absolute atomic E-state index is 12.6. The normalized spacial score (nSPS) is 11.2. The quantitative estimate of drug-likeness (QED) is 0.552. The maximum Gasteiger partial charge on any atom is 0.417 e. The molecule has 2 aromatic heterocycles. The van der Waals surface area contributed by atoms with Crippen molar-refractivity contribution in [1.82, 2.24) is 14.8 Å². The summed E-state index contributed by atoms with van der Waals surface area (Å²) < 4.78 is 49.1. The second kappa shape index (κ2) is 8.54. The number of halogens is 4. The van der Waals surface area contributed by atoms with E-state index in [9.17, 15) is 22.8 Å². The Morgan fingerprint density at radius 1 is 1.13 bits per heavy atom. The zero-order valence-electron chi connectivity index (χ0n) is 15.3. The van der Waals surface area contributed by atoms with Gasteiger partial charge in [0.2, 0.25) is 0 Å². The molecule has 0 saturated carbocycles. The van der Waals surface area contributed by atoms with Gasteiger partial charge in [-0.05, 0) is 43.3 Å². The number of nitrogens with zero attached hydrogens (tertiary/aromatic N) is 3. The molecule has 0 saturated heterocycles. The lowest BCUT2D eigenvalue weighted by Gasteiger charge is -2.10. The third-order valence-corrected chi connectivity index (χ3v) is 4.12. The number of carbonyl (C=O) groups is 1. The molecule has 0 aliphatic carbocycles. The molecular formula is C19H13ClF3N3O4. The van der Waals surface area contributed by atoms with Crippen LogP contribution >= 0.6 is 11.6 Å². The minimum absolute atomic E-state index is 0.0753. The van der Waals surface area contributed by atoms with Gasteiger partial charge in [0.05, 0.1) is 23.9 Å². The molecule has 0 fully saturated rings. The highest BCUT2D eigenvalue weighted by molar-refractivity contribution is 6.31. The number of aromatic nitrogens is 3. The average Bonchev–Trinajstić information content (AvgIpc) is 2.72. The predicted octanol–water partition coefficient (Wildman–Crippen LogP) is 4.27. The summed E-state index contributed by atoms with van der Waals surface area (Å²) in [6.07, 6.45) is -2.84. The molecule has 7 nitrogen and oxygen atoms in total. The fourth-order valence-electron chi connectivity index (χ4n) is 2.33. The van der Waals surface area contributed by atoms with Crippen molar-refractivity contribution in [1.29, 1.82) is 0 Å². The molecule has 0 spiro atoms. The van der Waals surface area contributed by atoms with Gasteiger partial charge in [-0.25, -0.2) is 9.78 Å². The van der Waals surface area contributed by atoms with Crippen molar-refractivity contribution in [3.05, 3.63) is 75.3 Å². The number of rotatable bonds is 5. The number of ether oxygens (including phenoxy) is 2. The third-order valence-electron chi connectivity index (χ3n) is 3.77. The lowest BCUT2D eigenvalue weighted by molar-refractivity contribution is -0.137. The van der Waals surface area contributed by atoms with E-state index >= 15 is 0 Å². The largest absolute Gasteiger partial charge is 0.462 e. The molecule has 0 N–H and O–H groups in total. The van der Waals surface area contributed by atoms with E-state index in [0.717, 1.165) is 23.0 Å². The van der Waals surface area contributed by atoms with Crippen LogP contribution in [0.3, 0.4) is 0 Å². The Morgan fingerprint density at radius 3 is 2.40 bits per heavy atom. The Balaban J connectivity index is 1.83. The number of benzene rings is 1. The molecule has 3 rings (SSSR count). The van der Waals surface area contributed by atoms with E-state index in [1.54, 1.807) is 6.92 Å². The van der Waals surface area contributed by atoms with Crippen LogP contribution in [-0.2, 0) is 10.9 Å². The lowest BCUT2D eigenvalue weighted by atomic mass is 10.2. The summed E-state index contributed by atoms with van der Waals surface area (Å²) in [5.74, 6) is -0.430. The maximum atomic E-state index is 12.6. The molecule has 1 aromatic carbocycles. The average molecular weight is 440 g/mol. The van der Waals surface area contributed by atoms with Crippen LogP contribution in [0.25, 0.3) is 5.82 Å². The molecular weight excluding hydrogens is 427 g/mol. The van der Waals surface area contributed by atoms with Crippen molar-refractivity contribution in [3.63, 3.8) is 0 Å². The number of pyridine rings is 1. The second-order valence-electron chi connectivity index (χ2n) is 5.79. The van der Waals surface area contributed by atoms with E-state index in [2.05, 4.69) is 10.1 Å². The minimum Gasteiger partial charge on any atom is -0.462 e. The Bertz CT molecular complexity index is 1110. The van der Waals surface area contributed by atoms with E-state index < -0.39 is 23.3 Å². The van der Waals surface area contributed by atoms with Gasteiger partial charge in [0, 0.05) is 6.20 Å². The van der Waals surface area contributed by atoms with Gasteiger partial charge in [0.1, 0.15) is 5.75 Å². The Kier molecular flexibility index (Phi) is 6.06. The van der Waals surface area contributed by atoms with Crippen molar-refractivity contribution in [3.8, 4) is 17.3 Å². The first kappa shape index (κ1) is 21.3. The van der Waals surface area contributed by atoms with Crippen LogP contribution < -0.4 is 10.3 Å². The van der Waals surface area contributed by atoms with Gasteiger partial charge in [-0.15, -0.1) is 0 Å². The summed E-state index contributed by atoms with van der Waals surface area (Å²) in [5.41, 5.74) is -1.47. The Hall–Kier alpha value is -3.40. The van der Waals surface area contributed by atoms with Gasteiger partial charge in [0.15, 0.2) is 16.6 Å². The summed E-state index contributed by atoms with van der Waals surface area (Å²) in [6.45, 7) is 1.93. The van der Waals surface area contributed by atoms with Crippen molar-refractivity contribution in [2.45, 2.75) is 13.1 Å². The summed E-state index contributed by atoms with van der Waals surface area (Å²) in [5, 5.41) is 3.50. The van der Waals surface area contributed by atoms with Crippen molar-refractivity contribution < 1.29 is 27.4 Å². The Labute approximate surface area is 172 Å². The monoisotopic (exact) mass is 439 g/mol. The van der Waals surface area contributed by atoms with Gasteiger partial charge >= 0.3 is 12.1 Å². The highest BCUT2D eigenvalue weighted by atomic mass is 35.5. The molecule has 0 aliphatic heterocycles. The molecule has 0 atom stereocenters. The number of carbonyl (C=O) groups excluding carboxylic acids is 1. The second-order valence-corrected chi connectivity index (χ2v) is 6.17. The van der Waals surface area contributed by atoms with E-state index in [4.69, 9.17) is 21.1 Å². The highest BCUT2D eigenvalue weighted by Gasteiger charge is 2.30. The van der Waals surface area contributed by atoms with E-state index in [0.29, 0.717) is 11.8 Å². The van der Waals surface area contributed by atoms with Crippen molar-refractivity contribution >= 4 is 17.6 Å². The fourth-order valence-corrected chi connectivity index (χ4v) is 2.50. The summed E-state index contributed by atoms with van der Waals surface area (Å²) >= 11 is 6.04. The van der Waals surface area contributed by atoms with Gasteiger partial charge in [-0.1, -0.05) is 11.6 Å². The SMILES string of the molecule is CCOC(=O)c1ccc(Oc2cnn(-c3ccc(C(F)(F)F)cn3)c(=O)c2Cl)cc1. The molecule has 0 bridgehead atoms. The highest BCUT2D eigenvalue weighted by Crippen LogP contribution is 2.29. The topological polar surface area (TPSA) is 83.3 Å².